The highest BCUT2D eigenvalue weighted by molar-refractivity contribution is 6.33. The molecule has 0 spiro atoms. The van der Waals surface area contributed by atoms with Crippen molar-refractivity contribution < 1.29 is 0 Å². The number of hydrogen-bond acceptors (Lipinski definition) is 4. The highest BCUT2D eigenvalue weighted by Crippen LogP contribution is 2.30. The second-order valence-corrected chi connectivity index (χ2v) is 5.42. The first kappa shape index (κ1) is 13.0. The zero-order chi connectivity index (χ0) is 15.1. The van der Waals surface area contributed by atoms with Gasteiger partial charge in [-0.3, -0.25) is 4.40 Å². The van der Waals surface area contributed by atoms with Crippen molar-refractivity contribution in [2.45, 2.75) is 6.92 Å². The van der Waals surface area contributed by atoms with Gasteiger partial charge < -0.3 is 5.32 Å². The number of nitrogens with zero attached hydrogens (tertiary/aromatic N) is 4. The van der Waals surface area contributed by atoms with Crippen molar-refractivity contribution in [3.63, 3.8) is 0 Å². The second kappa shape index (κ2) is 4.96. The Balaban J connectivity index is 1.96. The number of pyridine rings is 1. The van der Waals surface area contributed by atoms with E-state index in [0.717, 1.165) is 27.9 Å². The van der Waals surface area contributed by atoms with E-state index in [-0.39, 0.29) is 0 Å². The molecular weight excluding hydrogens is 298 g/mol. The first-order valence-electron chi connectivity index (χ1n) is 6.83. The van der Waals surface area contributed by atoms with E-state index in [0.29, 0.717) is 10.8 Å². The van der Waals surface area contributed by atoms with E-state index in [2.05, 4.69) is 20.3 Å². The molecule has 0 amide bonds. The third-order valence-corrected chi connectivity index (χ3v) is 3.89. The smallest absolute Gasteiger partial charge is 0.164 e. The van der Waals surface area contributed by atoms with E-state index in [1.165, 1.54) is 0 Å². The van der Waals surface area contributed by atoms with Crippen LogP contribution in [-0.4, -0.2) is 19.4 Å². The molecule has 0 bridgehead atoms. The standard InChI is InChI=1S/C16H12ClN5/c1-10-4-2-5-11(17)14(10)21-15-13-8-18-9-22(13)16-12(20-15)6-3-7-19-16/h2-9H,1H3,(H,20,21). The SMILES string of the molecule is Cc1cccc(Cl)c1Nc1nc2cccnc2n2cncc12. The lowest BCUT2D eigenvalue weighted by Crippen LogP contribution is -2.01. The molecular formula is C16H12ClN5. The van der Waals surface area contributed by atoms with E-state index in [1.54, 1.807) is 18.7 Å². The molecule has 0 radical (unpaired) electrons. The summed E-state index contributed by atoms with van der Waals surface area (Å²) < 4.78 is 1.91. The summed E-state index contributed by atoms with van der Waals surface area (Å²) in [7, 11) is 0. The fraction of sp³-hybridized carbons (Fsp3) is 0.0625. The van der Waals surface area contributed by atoms with Crippen LogP contribution in [0.3, 0.4) is 0 Å². The lowest BCUT2D eigenvalue weighted by molar-refractivity contribution is 1.14. The van der Waals surface area contributed by atoms with Crippen molar-refractivity contribution in [3.8, 4) is 0 Å². The zero-order valence-corrected chi connectivity index (χ0v) is 12.5. The fourth-order valence-corrected chi connectivity index (χ4v) is 2.75. The summed E-state index contributed by atoms with van der Waals surface area (Å²) in [5, 5.41) is 3.99. The molecule has 0 atom stereocenters. The predicted molar refractivity (Wildman–Crippen MR) is 87.8 cm³/mol. The molecule has 1 aromatic carbocycles. The first-order valence-corrected chi connectivity index (χ1v) is 7.21. The minimum atomic E-state index is 0.658. The molecule has 0 fully saturated rings. The van der Waals surface area contributed by atoms with Crippen molar-refractivity contribution >= 4 is 39.8 Å². The summed E-state index contributed by atoms with van der Waals surface area (Å²) in [5.41, 5.74) is 4.32. The van der Waals surface area contributed by atoms with Crippen LogP contribution < -0.4 is 5.32 Å². The number of aryl methyl sites for hydroxylation is 1. The molecule has 3 heterocycles. The highest BCUT2D eigenvalue weighted by Gasteiger charge is 2.12. The average molecular weight is 310 g/mol. The third-order valence-electron chi connectivity index (χ3n) is 3.57. The number of nitrogens with one attached hydrogen (secondary N) is 1. The average Bonchev–Trinajstić information content (AvgIpc) is 3.01. The van der Waals surface area contributed by atoms with Gasteiger partial charge in [0.1, 0.15) is 17.4 Å². The van der Waals surface area contributed by atoms with Crippen LogP contribution in [0.15, 0.2) is 49.1 Å². The van der Waals surface area contributed by atoms with E-state index < -0.39 is 0 Å². The number of halogens is 1. The Hall–Kier alpha value is -2.66. The van der Waals surface area contributed by atoms with Gasteiger partial charge in [0.25, 0.3) is 0 Å². The molecule has 0 aliphatic rings. The van der Waals surface area contributed by atoms with E-state index >= 15 is 0 Å². The molecule has 6 heteroatoms. The largest absolute Gasteiger partial charge is 0.337 e. The lowest BCUT2D eigenvalue weighted by Gasteiger charge is -2.12. The number of hydrogen-bond donors (Lipinski definition) is 1. The number of imidazole rings is 1. The minimum Gasteiger partial charge on any atom is -0.337 e. The number of benzene rings is 1. The van der Waals surface area contributed by atoms with Gasteiger partial charge in [-0.15, -0.1) is 0 Å². The van der Waals surface area contributed by atoms with E-state index in [9.17, 15) is 0 Å². The number of rotatable bonds is 2. The zero-order valence-electron chi connectivity index (χ0n) is 11.8. The van der Waals surface area contributed by atoms with Crippen molar-refractivity contribution in [2.24, 2.45) is 0 Å². The molecule has 4 aromatic rings. The van der Waals surface area contributed by atoms with Gasteiger partial charge in [0.2, 0.25) is 0 Å². The molecule has 0 saturated heterocycles. The van der Waals surface area contributed by atoms with Gasteiger partial charge in [-0.05, 0) is 30.7 Å². The van der Waals surface area contributed by atoms with Crippen LogP contribution in [0.2, 0.25) is 5.02 Å². The van der Waals surface area contributed by atoms with Crippen LogP contribution in [0, 0.1) is 6.92 Å². The Bertz CT molecular complexity index is 972. The van der Waals surface area contributed by atoms with Crippen LogP contribution in [0.4, 0.5) is 11.5 Å². The van der Waals surface area contributed by atoms with Crippen molar-refractivity contribution in [1.29, 1.82) is 0 Å². The van der Waals surface area contributed by atoms with Crippen LogP contribution in [0.25, 0.3) is 16.7 Å². The van der Waals surface area contributed by atoms with Crippen LogP contribution in [0.1, 0.15) is 5.56 Å². The first-order chi connectivity index (χ1) is 10.7. The summed E-state index contributed by atoms with van der Waals surface area (Å²) in [5.74, 6) is 0.703. The van der Waals surface area contributed by atoms with Gasteiger partial charge >= 0.3 is 0 Å². The van der Waals surface area contributed by atoms with Crippen LogP contribution in [0.5, 0.6) is 0 Å². The maximum atomic E-state index is 6.30. The van der Waals surface area contributed by atoms with Crippen LogP contribution in [-0.2, 0) is 0 Å². The molecule has 108 valence electrons. The molecule has 0 unspecified atom stereocenters. The predicted octanol–water partition coefficient (Wildman–Crippen LogP) is 3.98. The summed E-state index contributed by atoms with van der Waals surface area (Å²) >= 11 is 6.30. The van der Waals surface area contributed by atoms with Crippen molar-refractivity contribution in [2.75, 3.05) is 5.32 Å². The second-order valence-electron chi connectivity index (χ2n) is 5.01. The highest BCUT2D eigenvalue weighted by atomic mass is 35.5. The molecule has 0 aliphatic heterocycles. The molecule has 1 N–H and O–H groups in total. The lowest BCUT2D eigenvalue weighted by atomic mass is 10.2. The maximum absolute atomic E-state index is 6.30. The molecule has 4 rings (SSSR count). The minimum absolute atomic E-state index is 0.658. The topological polar surface area (TPSA) is 55.1 Å². The Morgan fingerprint density at radius 2 is 2.09 bits per heavy atom. The molecule has 3 aromatic heterocycles. The maximum Gasteiger partial charge on any atom is 0.164 e. The summed E-state index contributed by atoms with van der Waals surface area (Å²) in [6, 6.07) is 9.57. The van der Waals surface area contributed by atoms with Gasteiger partial charge in [-0.25, -0.2) is 15.0 Å². The Morgan fingerprint density at radius 1 is 1.18 bits per heavy atom. The summed E-state index contributed by atoms with van der Waals surface area (Å²) in [4.78, 5) is 13.2. The van der Waals surface area contributed by atoms with Gasteiger partial charge in [-0.1, -0.05) is 23.7 Å². The van der Waals surface area contributed by atoms with Gasteiger partial charge in [-0.2, -0.15) is 0 Å². The normalized spacial score (nSPS) is 11.2. The third kappa shape index (κ3) is 1.98. The monoisotopic (exact) mass is 309 g/mol. The van der Waals surface area contributed by atoms with Crippen LogP contribution >= 0.6 is 11.6 Å². The van der Waals surface area contributed by atoms with E-state index in [4.69, 9.17) is 11.6 Å². The fourth-order valence-electron chi connectivity index (χ4n) is 2.48. The Labute approximate surface area is 131 Å². The van der Waals surface area contributed by atoms with Crippen molar-refractivity contribution in [1.82, 2.24) is 19.4 Å². The molecule has 22 heavy (non-hydrogen) atoms. The number of aromatic nitrogens is 4. The van der Waals surface area contributed by atoms with Gasteiger partial charge in [0, 0.05) is 6.20 Å². The molecule has 5 nitrogen and oxygen atoms in total. The van der Waals surface area contributed by atoms with Crippen molar-refractivity contribution in [3.05, 3.63) is 59.6 Å². The Kier molecular flexibility index (Phi) is 2.94. The quantitative estimate of drug-likeness (QED) is 0.608. The number of fused-ring (bicyclic) bond motifs is 3. The van der Waals surface area contributed by atoms with Gasteiger partial charge in [0.15, 0.2) is 11.5 Å². The Morgan fingerprint density at radius 3 is 2.95 bits per heavy atom. The number of anilines is 2. The number of para-hydroxylation sites is 1. The summed E-state index contributed by atoms with van der Waals surface area (Å²) in [6.07, 6.45) is 5.24. The van der Waals surface area contributed by atoms with E-state index in [1.807, 2.05) is 41.7 Å². The van der Waals surface area contributed by atoms with Gasteiger partial charge in [0.05, 0.1) is 16.9 Å². The molecule has 0 saturated carbocycles. The molecule has 0 aliphatic carbocycles. The summed E-state index contributed by atoms with van der Waals surface area (Å²) in [6.45, 7) is 2.00.